The fraction of sp³-hybridized carbons (Fsp3) is 0.316. The van der Waals surface area contributed by atoms with Gasteiger partial charge in [0.1, 0.15) is 10.6 Å². The Balaban J connectivity index is 1.64. The number of primary sulfonamides is 1. The Kier molecular flexibility index (Phi) is 4.64. The number of nitrogens with zero attached hydrogens (tertiary/aromatic N) is 3. The Morgan fingerprint density at radius 3 is 2.59 bits per heavy atom. The van der Waals surface area contributed by atoms with Crippen LogP contribution in [0.2, 0.25) is 5.02 Å². The highest BCUT2D eigenvalue weighted by Crippen LogP contribution is 2.69. The van der Waals surface area contributed by atoms with Gasteiger partial charge in [0, 0.05) is 22.8 Å². The van der Waals surface area contributed by atoms with Gasteiger partial charge in [0.25, 0.3) is 0 Å². The summed E-state index contributed by atoms with van der Waals surface area (Å²) in [5.41, 5.74) is 1.20. The summed E-state index contributed by atoms with van der Waals surface area (Å²) in [5, 5.41) is 9.78. The maximum Gasteiger partial charge on any atom is 0.239 e. The third kappa shape index (κ3) is 3.50. The molecule has 2 atom stereocenters. The Hall–Kier alpha value is -2.49. The average molecular weight is 435 g/mol. The zero-order valence-electron chi connectivity index (χ0n) is 16.0. The van der Waals surface area contributed by atoms with E-state index in [1.165, 1.54) is 12.3 Å². The number of benzene rings is 1. The molecular formula is C19H19ClN4O4S. The molecule has 1 saturated carbocycles. The van der Waals surface area contributed by atoms with Crippen LogP contribution in [0.15, 0.2) is 45.9 Å². The monoisotopic (exact) mass is 434 g/mol. The van der Waals surface area contributed by atoms with Crippen molar-refractivity contribution in [2.45, 2.75) is 30.6 Å². The third-order valence-electron chi connectivity index (χ3n) is 5.34. The summed E-state index contributed by atoms with van der Waals surface area (Å²) in [6.07, 6.45) is 1.27. The molecule has 2 N–H and O–H groups in total. The molecule has 0 aliphatic heterocycles. The minimum absolute atomic E-state index is 0.00610. The minimum Gasteiger partial charge on any atom is -0.496 e. The SMILES string of the molecule is COc1ccc(Cl)cc1-c1noc(C2C(c3ccc(S(N)(=O)=O)cn3)C2(C)C)n1. The van der Waals surface area contributed by atoms with Gasteiger partial charge in [-0.15, -0.1) is 0 Å². The molecule has 1 aliphatic rings. The van der Waals surface area contributed by atoms with Crippen LogP contribution >= 0.6 is 11.6 Å². The van der Waals surface area contributed by atoms with Crippen molar-refractivity contribution in [3.8, 4) is 17.1 Å². The van der Waals surface area contributed by atoms with E-state index in [1.807, 2.05) is 0 Å². The third-order valence-corrected chi connectivity index (χ3v) is 6.48. The first kappa shape index (κ1) is 19.8. The molecule has 4 rings (SSSR count). The van der Waals surface area contributed by atoms with Crippen LogP contribution in [-0.2, 0) is 10.0 Å². The van der Waals surface area contributed by atoms with Gasteiger partial charge in [-0.3, -0.25) is 4.98 Å². The highest BCUT2D eigenvalue weighted by molar-refractivity contribution is 7.89. The molecule has 10 heteroatoms. The van der Waals surface area contributed by atoms with E-state index < -0.39 is 10.0 Å². The van der Waals surface area contributed by atoms with Gasteiger partial charge < -0.3 is 9.26 Å². The van der Waals surface area contributed by atoms with Gasteiger partial charge in [-0.2, -0.15) is 4.98 Å². The van der Waals surface area contributed by atoms with Crippen molar-refractivity contribution in [3.63, 3.8) is 0 Å². The molecule has 1 fully saturated rings. The summed E-state index contributed by atoms with van der Waals surface area (Å²) in [6, 6.07) is 8.32. The number of methoxy groups -OCH3 is 1. The summed E-state index contributed by atoms with van der Waals surface area (Å²) < 4.78 is 33.8. The first-order valence-corrected chi connectivity index (χ1v) is 10.7. The highest BCUT2D eigenvalue weighted by atomic mass is 35.5. The molecule has 2 unspecified atom stereocenters. The number of nitrogens with two attached hydrogens (primary N) is 1. The van der Waals surface area contributed by atoms with Crippen LogP contribution in [0.5, 0.6) is 5.75 Å². The molecule has 29 heavy (non-hydrogen) atoms. The van der Waals surface area contributed by atoms with Crippen molar-refractivity contribution in [1.29, 1.82) is 0 Å². The van der Waals surface area contributed by atoms with Crippen LogP contribution < -0.4 is 9.88 Å². The Morgan fingerprint density at radius 2 is 1.97 bits per heavy atom. The van der Waals surface area contributed by atoms with Crippen molar-refractivity contribution in [2.75, 3.05) is 7.11 Å². The van der Waals surface area contributed by atoms with Crippen LogP contribution in [0.4, 0.5) is 0 Å². The van der Waals surface area contributed by atoms with Crippen molar-refractivity contribution >= 4 is 21.6 Å². The zero-order chi connectivity index (χ0) is 21.0. The lowest BCUT2D eigenvalue weighted by atomic mass is 10.1. The lowest BCUT2D eigenvalue weighted by Gasteiger charge is -2.04. The van der Waals surface area contributed by atoms with Crippen LogP contribution in [-0.4, -0.2) is 30.7 Å². The standard InChI is InChI=1S/C19H19ClN4O4S/c1-19(2)15(13-6-5-11(9-22-13)29(21,25)26)16(19)18-23-17(24-28-18)12-8-10(20)4-7-14(12)27-3/h4-9,15-16H,1-3H3,(H2,21,25,26). The van der Waals surface area contributed by atoms with Crippen LogP contribution in [0.3, 0.4) is 0 Å². The molecule has 0 amide bonds. The summed E-state index contributed by atoms with van der Waals surface area (Å²) in [5.74, 6) is 1.41. The molecule has 0 saturated heterocycles. The largest absolute Gasteiger partial charge is 0.496 e. The van der Waals surface area contributed by atoms with Gasteiger partial charge in [-0.1, -0.05) is 30.6 Å². The number of rotatable bonds is 5. The lowest BCUT2D eigenvalue weighted by molar-refractivity contribution is 0.367. The van der Waals surface area contributed by atoms with Gasteiger partial charge >= 0.3 is 0 Å². The average Bonchev–Trinajstić information content (AvgIpc) is 3.01. The quantitative estimate of drug-likeness (QED) is 0.653. The van der Waals surface area contributed by atoms with Crippen molar-refractivity contribution in [3.05, 3.63) is 53.1 Å². The first-order valence-electron chi connectivity index (χ1n) is 8.79. The number of ether oxygens (including phenoxy) is 1. The molecule has 8 nitrogen and oxygen atoms in total. The number of hydrogen-bond acceptors (Lipinski definition) is 7. The van der Waals surface area contributed by atoms with Gasteiger partial charge in [0.05, 0.1) is 18.6 Å². The number of aromatic nitrogens is 3. The molecule has 0 bridgehead atoms. The molecule has 1 aromatic carbocycles. The van der Waals surface area contributed by atoms with Gasteiger partial charge in [-0.25, -0.2) is 13.6 Å². The summed E-state index contributed by atoms with van der Waals surface area (Å²) in [4.78, 5) is 8.83. The summed E-state index contributed by atoms with van der Waals surface area (Å²) in [7, 11) is -2.22. The lowest BCUT2D eigenvalue weighted by Crippen LogP contribution is -2.12. The fourth-order valence-electron chi connectivity index (χ4n) is 3.72. The second-order valence-electron chi connectivity index (χ2n) is 7.54. The predicted molar refractivity (Wildman–Crippen MR) is 106 cm³/mol. The fourth-order valence-corrected chi connectivity index (χ4v) is 4.35. The van der Waals surface area contributed by atoms with E-state index in [9.17, 15) is 8.42 Å². The van der Waals surface area contributed by atoms with E-state index in [4.69, 9.17) is 26.0 Å². The van der Waals surface area contributed by atoms with E-state index >= 15 is 0 Å². The zero-order valence-corrected chi connectivity index (χ0v) is 17.5. The molecule has 2 aromatic heterocycles. The molecule has 2 heterocycles. The Labute approximate surface area is 173 Å². The smallest absolute Gasteiger partial charge is 0.239 e. The van der Waals surface area contributed by atoms with Gasteiger partial charge in [-0.05, 0) is 35.7 Å². The maximum atomic E-state index is 11.4. The number of hydrogen-bond donors (Lipinski definition) is 1. The van der Waals surface area contributed by atoms with Crippen LogP contribution in [0.1, 0.15) is 37.3 Å². The Morgan fingerprint density at radius 1 is 1.21 bits per heavy atom. The highest BCUT2D eigenvalue weighted by Gasteiger charge is 2.62. The normalized spacial score (nSPS) is 20.4. The van der Waals surface area contributed by atoms with Gasteiger partial charge in [0.2, 0.25) is 21.7 Å². The molecule has 152 valence electrons. The maximum absolute atomic E-state index is 11.4. The number of sulfonamides is 1. The second kappa shape index (κ2) is 6.79. The van der Waals surface area contributed by atoms with Crippen molar-refractivity contribution in [2.24, 2.45) is 10.6 Å². The van der Waals surface area contributed by atoms with E-state index in [2.05, 4.69) is 29.0 Å². The predicted octanol–water partition coefficient (Wildman–Crippen LogP) is 3.35. The van der Waals surface area contributed by atoms with E-state index in [1.54, 1.807) is 31.4 Å². The minimum atomic E-state index is -3.78. The van der Waals surface area contributed by atoms with E-state index in [0.717, 1.165) is 5.69 Å². The molecule has 1 aliphatic carbocycles. The molecule has 0 radical (unpaired) electrons. The van der Waals surface area contributed by atoms with Crippen molar-refractivity contribution in [1.82, 2.24) is 15.1 Å². The first-order chi connectivity index (χ1) is 13.6. The van der Waals surface area contributed by atoms with Crippen LogP contribution in [0, 0.1) is 5.41 Å². The van der Waals surface area contributed by atoms with E-state index in [0.29, 0.717) is 28.1 Å². The topological polar surface area (TPSA) is 121 Å². The molecular weight excluding hydrogens is 416 g/mol. The van der Waals surface area contributed by atoms with Crippen molar-refractivity contribution < 1.29 is 17.7 Å². The summed E-state index contributed by atoms with van der Waals surface area (Å²) in [6.45, 7) is 4.14. The number of pyridine rings is 1. The van der Waals surface area contributed by atoms with Gasteiger partial charge in [0.15, 0.2) is 0 Å². The van der Waals surface area contributed by atoms with E-state index in [-0.39, 0.29) is 22.1 Å². The summed E-state index contributed by atoms with van der Waals surface area (Å²) >= 11 is 6.10. The number of halogens is 1. The van der Waals surface area contributed by atoms with Crippen LogP contribution in [0.25, 0.3) is 11.4 Å². The molecule has 3 aromatic rings. The second-order valence-corrected chi connectivity index (χ2v) is 9.54. The Bertz CT molecular complexity index is 1180. The molecule has 0 spiro atoms.